The van der Waals surface area contributed by atoms with Gasteiger partial charge in [0.25, 0.3) is 0 Å². The average molecular weight is 382 g/mol. The standard InChI is InChI=1S/C21H18O7/c1-9(22)21(27)7-13-16(14(23)8-21)19(25)12-6-11-10(4-3-5-15(11)28-2)18(24)17(12)20(13)26/h3-6,14,23-24,27H,7-8H2,1-2H3/t14-,21-/m0/s1. The van der Waals surface area contributed by atoms with Gasteiger partial charge in [-0.25, -0.2) is 0 Å². The highest BCUT2D eigenvalue weighted by Gasteiger charge is 2.48. The molecule has 0 aromatic heterocycles. The van der Waals surface area contributed by atoms with Crippen molar-refractivity contribution in [3.8, 4) is 11.5 Å². The van der Waals surface area contributed by atoms with E-state index in [0.29, 0.717) is 16.5 Å². The molecular weight excluding hydrogens is 364 g/mol. The second-order valence-corrected chi connectivity index (χ2v) is 7.24. The zero-order valence-corrected chi connectivity index (χ0v) is 15.3. The van der Waals surface area contributed by atoms with Crippen LogP contribution in [0.3, 0.4) is 0 Å². The van der Waals surface area contributed by atoms with Gasteiger partial charge in [-0.15, -0.1) is 0 Å². The highest BCUT2D eigenvalue weighted by atomic mass is 16.5. The summed E-state index contributed by atoms with van der Waals surface area (Å²) in [6.07, 6.45) is -2.20. The van der Waals surface area contributed by atoms with E-state index in [1.54, 1.807) is 18.2 Å². The van der Waals surface area contributed by atoms with E-state index in [2.05, 4.69) is 0 Å². The monoisotopic (exact) mass is 382 g/mol. The number of phenols is 1. The van der Waals surface area contributed by atoms with Crippen LogP contribution >= 0.6 is 0 Å². The summed E-state index contributed by atoms with van der Waals surface area (Å²) in [5, 5.41) is 32.5. The van der Waals surface area contributed by atoms with Crippen molar-refractivity contribution >= 4 is 28.1 Å². The van der Waals surface area contributed by atoms with Crippen molar-refractivity contribution in [2.75, 3.05) is 7.11 Å². The molecule has 0 bridgehead atoms. The van der Waals surface area contributed by atoms with E-state index >= 15 is 0 Å². The molecule has 144 valence electrons. The van der Waals surface area contributed by atoms with E-state index in [9.17, 15) is 29.7 Å². The van der Waals surface area contributed by atoms with E-state index in [1.807, 2.05) is 0 Å². The molecule has 4 rings (SSSR count). The summed E-state index contributed by atoms with van der Waals surface area (Å²) >= 11 is 0. The lowest BCUT2D eigenvalue weighted by Crippen LogP contribution is -2.48. The number of methoxy groups -OCH3 is 1. The highest BCUT2D eigenvalue weighted by molar-refractivity contribution is 6.30. The second kappa shape index (κ2) is 5.98. The maximum absolute atomic E-state index is 13.1. The van der Waals surface area contributed by atoms with Crippen LogP contribution in [0, 0.1) is 0 Å². The lowest BCUT2D eigenvalue weighted by Gasteiger charge is -2.37. The van der Waals surface area contributed by atoms with Gasteiger partial charge >= 0.3 is 0 Å². The molecular formula is C21H18O7. The zero-order valence-electron chi connectivity index (χ0n) is 15.3. The minimum absolute atomic E-state index is 0.0365. The number of ketones is 3. The lowest BCUT2D eigenvalue weighted by molar-refractivity contribution is -0.138. The fourth-order valence-corrected chi connectivity index (χ4v) is 4.10. The summed E-state index contributed by atoms with van der Waals surface area (Å²) in [6, 6.07) is 6.37. The Kier molecular flexibility index (Phi) is 3.92. The van der Waals surface area contributed by atoms with Gasteiger partial charge in [0.15, 0.2) is 17.3 Å². The van der Waals surface area contributed by atoms with Gasteiger partial charge in [0.2, 0.25) is 0 Å². The number of aromatic hydroxyl groups is 1. The number of carbonyl (C=O) groups excluding carboxylic acids is 3. The number of ether oxygens (including phenoxy) is 1. The molecule has 2 aromatic carbocycles. The quantitative estimate of drug-likeness (QED) is 0.723. The van der Waals surface area contributed by atoms with Crippen LogP contribution in [-0.4, -0.2) is 51.5 Å². The largest absolute Gasteiger partial charge is 0.506 e. The molecule has 0 unspecified atom stereocenters. The number of carbonyl (C=O) groups is 3. The van der Waals surface area contributed by atoms with E-state index in [0.717, 1.165) is 0 Å². The van der Waals surface area contributed by atoms with E-state index in [-0.39, 0.29) is 40.9 Å². The third-order valence-electron chi connectivity index (χ3n) is 5.64. The van der Waals surface area contributed by atoms with E-state index in [1.165, 1.54) is 20.1 Å². The van der Waals surface area contributed by atoms with Crippen LogP contribution in [0.15, 0.2) is 35.4 Å². The Morgan fingerprint density at radius 2 is 1.93 bits per heavy atom. The number of aliphatic hydroxyl groups excluding tert-OH is 1. The van der Waals surface area contributed by atoms with Crippen LogP contribution in [0.1, 0.15) is 40.5 Å². The van der Waals surface area contributed by atoms with Crippen molar-refractivity contribution in [1.29, 1.82) is 0 Å². The molecule has 2 atom stereocenters. The normalized spacial score (nSPS) is 24.2. The van der Waals surface area contributed by atoms with Crippen molar-refractivity contribution in [1.82, 2.24) is 0 Å². The Morgan fingerprint density at radius 3 is 2.57 bits per heavy atom. The molecule has 7 heteroatoms. The van der Waals surface area contributed by atoms with Crippen molar-refractivity contribution in [3.05, 3.63) is 46.5 Å². The third kappa shape index (κ3) is 2.33. The van der Waals surface area contributed by atoms with Crippen LogP contribution in [-0.2, 0) is 4.79 Å². The van der Waals surface area contributed by atoms with Gasteiger partial charge in [0, 0.05) is 40.3 Å². The minimum atomic E-state index is -1.93. The van der Waals surface area contributed by atoms with Gasteiger partial charge in [-0.1, -0.05) is 12.1 Å². The zero-order chi connectivity index (χ0) is 20.4. The van der Waals surface area contributed by atoms with Crippen molar-refractivity contribution < 1.29 is 34.4 Å². The minimum Gasteiger partial charge on any atom is -0.506 e. The molecule has 0 saturated heterocycles. The molecule has 2 aliphatic carbocycles. The van der Waals surface area contributed by atoms with Crippen molar-refractivity contribution in [2.45, 2.75) is 31.5 Å². The Bertz CT molecular complexity index is 1110. The van der Waals surface area contributed by atoms with Crippen molar-refractivity contribution in [2.24, 2.45) is 0 Å². The molecule has 0 spiro atoms. The van der Waals surface area contributed by atoms with Gasteiger partial charge in [-0.3, -0.25) is 14.4 Å². The smallest absolute Gasteiger partial charge is 0.194 e. The molecule has 0 heterocycles. The van der Waals surface area contributed by atoms with Crippen LogP contribution in [0.5, 0.6) is 11.5 Å². The Hall–Kier alpha value is -3.03. The first-order valence-electron chi connectivity index (χ1n) is 8.76. The topological polar surface area (TPSA) is 121 Å². The van der Waals surface area contributed by atoms with Gasteiger partial charge in [0.1, 0.15) is 17.1 Å². The third-order valence-corrected chi connectivity index (χ3v) is 5.64. The summed E-state index contributed by atoms with van der Waals surface area (Å²) in [7, 11) is 1.45. The van der Waals surface area contributed by atoms with E-state index in [4.69, 9.17) is 4.74 Å². The molecule has 2 aromatic rings. The summed E-state index contributed by atoms with van der Waals surface area (Å²) in [5.74, 6) is -1.83. The number of Topliss-reactive ketones (excluding diaryl/α,β-unsaturated/α-hetero) is 3. The van der Waals surface area contributed by atoms with Crippen LogP contribution in [0.2, 0.25) is 0 Å². The first kappa shape index (κ1) is 18.3. The summed E-state index contributed by atoms with van der Waals surface area (Å²) < 4.78 is 5.28. The molecule has 0 radical (unpaired) electrons. The number of benzene rings is 2. The van der Waals surface area contributed by atoms with Gasteiger partial charge in [-0.05, 0) is 19.1 Å². The Labute approximate surface area is 159 Å². The van der Waals surface area contributed by atoms with E-state index < -0.39 is 29.1 Å². The van der Waals surface area contributed by atoms with Gasteiger partial charge < -0.3 is 20.1 Å². The number of hydrogen-bond acceptors (Lipinski definition) is 7. The van der Waals surface area contributed by atoms with Crippen LogP contribution < -0.4 is 4.74 Å². The number of fused-ring (bicyclic) bond motifs is 2. The molecule has 0 saturated carbocycles. The molecule has 0 aliphatic heterocycles. The molecule has 2 aliphatic rings. The van der Waals surface area contributed by atoms with Crippen LogP contribution in [0.4, 0.5) is 0 Å². The van der Waals surface area contributed by atoms with Crippen LogP contribution in [0.25, 0.3) is 10.8 Å². The second-order valence-electron chi connectivity index (χ2n) is 7.24. The fourth-order valence-electron chi connectivity index (χ4n) is 4.10. The summed E-state index contributed by atoms with van der Waals surface area (Å²) in [4.78, 5) is 38.1. The fraction of sp³-hybridized carbons (Fsp3) is 0.286. The number of rotatable bonds is 2. The molecule has 0 amide bonds. The molecule has 3 N–H and O–H groups in total. The maximum atomic E-state index is 13.1. The SMILES string of the molecule is COc1cccc2c(O)c3c(cc12)C(=O)C1=C(C[C@@](O)(C(C)=O)C[C@@H]1O)C3=O. The molecule has 7 nitrogen and oxygen atoms in total. The summed E-state index contributed by atoms with van der Waals surface area (Å²) in [6.45, 7) is 1.17. The Morgan fingerprint density at radius 1 is 1.21 bits per heavy atom. The number of phenolic OH excluding ortho intramolecular Hbond substituents is 1. The molecule has 28 heavy (non-hydrogen) atoms. The number of hydrogen-bond donors (Lipinski definition) is 3. The lowest BCUT2D eigenvalue weighted by atomic mass is 9.69. The van der Waals surface area contributed by atoms with Gasteiger partial charge in [0.05, 0.1) is 18.8 Å². The Balaban J connectivity index is 1.99. The maximum Gasteiger partial charge on any atom is 0.194 e. The first-order chi connectivity index (χ1) is 13.2. The predicted molar refractivity (Wildman–Crippen MR) is 98.7 cm³/mol. The number of aliphatic hydroxyl groups is 2. The first-order valence-corrected chi connectivity index (χ1v) is 8.76. The van der Waals surface area contributed by atoms with Gasteiger partial charge in [-0.2, -0.15) is 0 Å². The summed E-state index contributed by atoms with van der Waals surface area (Å²) in [5.41, 5.74) is -2.42. The highest BCUT2D eigenvalue weighted by Crippen LogP contribution is 2.45. The predicted octanol–water partition coefficient (Wildman–Crippen LogP) is 1.70. The average Bonchev–Trinajstić information content (AvgIpc) is 2.65. The van der Waals surface area contributed by atoms with Crippen molar-refractivity contribution in [3.63, 3.8) is 0 Å². The molecule has 0 fully saturated rings.